The van der Waals surface area contributed by atoms with Gasteiger partial charge in [0.25, 0.3) is 0 Å². The summed E-state index contributed by atoms with van der Waals surface area (Å²) in [5.74, 6) is -0.0290. The Morgan fingerprint density at radius 3 is 2.08 bits per heavy atom. The average Bonchev–Trinajstić information content (AvgIpc) is 2.63. The normalized spacial score (nSPS) is 19.6. The second kappa shape index (κ2) is 6.38. The van der Waals surface area contributed by atoms with Crippen LogP contribution in [0.15, 0.2) is 78.9 Å². The second-order valence-electron chi connectivity index (χ2n) is 6.43. The van der Waals surface area contributed by atoms with E-state index in [9.17, 15) is 4.79 Å². The third kappa shape index (κ3) is 2.83. The molecule has 0 N–H and O–H groups in total. The number of rotatable bonds is 3. The molecule has 25 heavy (non-hydrogen) atoms. The summed E-state index contributed by atoms with van der Waals surface area (Å²) >= 11 is 6.05. The third-order valence-electron chi connectivity index (χ3n) is 4.78. The Morgan fingerprint density at radius 2 is 1.44 bits per heavy atom. The summed E-state index contributed by atoms with van der Waals surface area (Å²) in [6.07, 6.45) is 0. The van der Waals surface area contributed by atoms with Crippen molar-refractivity contribution < 1.29 is 4.79 Å². The van der Waals surface area contributed by atoms with Crippen LogP contribution in [0.1, 0.15) is 28.7 Å². The molecule has 0 aromatic heterocycles. The molecule has 2 unspecified atom stereocenters. The van der Waals surface area contributed by atoms with Crippen LogP contribution in [0.3, 0.4) is 0 Å². The number of carbonyl (C=O) groups excluding carboxylic acids is 1. The number of hydrogen-bond donors (Lipinski definition) is 0. The molecular weight excluding hydrogens is 330 g/mol. The molecular formula is C22H18ClNO. The van der Waals surface area contributed by atoms with Gasteiger partial charge in [0, 0.05) is 10.7 Å². The maximum atomic E-state index is 13.0. The fourth-order valence-electron chi connectivity index (χ4n) is 3.47. The van der Waals surface area contributed by atoms with Gasteiger partial charge in [-0.25, -0.2) is 0 Å². The van der Waals surface area contributed by atoms with Gasteiger partial charge in [0.2, 0.25) is 5.91 Å². The van der Waals surface area contributed by atoms with E-state index >= 15 is 0 Å². The van der Waals surface area contributed by atoms with Crippen LogP contribution in [0.5, 0.6) is 0 Å². The summed E-state index contributed by atoms with van der Waals surface area (Å²) in [7, 11) is 0. The molecule has 3 aromatic carbocycles. The second-order valence-corrected chi connectivity index (χ2v) is 6.86. The largest absolute Gasteiger partial charge is 0.303 e. The highest BCUT2D eigenvalue weighted by atomic mass is 35.5. The summed E-state index contributed by atoms with van der Waals surface area (Å²) in [6.45, 7) is 2.05. The molecule has 0 aliphatic carbocycles. The first-order valence-electron chi connectivity index (χ1n) is 8.35. The highest BCUT2D eigenvalue weighted by Crippen LogP contribution is 2.48. The van der Waals surface area contributed by atoms with E-state index in [2.05, 4.69) is 0 Å². The zero-order valence-electron chi connectivity index (χ0n) is 13.9. The Hall–Kier alpha value is -2.58. The monoisotopic (exact) mass is 347 g/mol. The molecule has 0 saturated carbocycles. The van der Waals surface area contributed by atoms with Crippen LogP contribution >= 0.6 is 11.6 Å². The smallest absolute Gasteiger partial charge is 0.237 e. The van der Waals surface area contributed by atoms with Crippen molar-refractivity contribution in [3.63, 3.8) is 0 Å². The number of amides is 1. The first kappa shape index (κ1) is 15.9. The number of hydrogen-bond acceptors (Lipinski definition) is 1. The zero-order chi connectivity index (χ0) is 17.4. The number of halogens is 1. The molecule has 1 aliphatic rings. The minimum Gasteiger partial charge on any atom is -0.303 e. The Morgan fingerprint density at radius 1 is 0.800 bits per heavy atom. The predicted molar refractivity (Wildman–Crippen MR) is 102 cm³/mol. The highest BCUT2D eigenvalue weighted by molar-refractivity contribution is 6.30. The van der Waals surface area contributed by atoms with Gasteiger partial charge in [-0.3, -0.25) is 4.79 Å². The minimum absolute atomic E-state index is 0.0186. The molecule has 1 heterocycles. The lowest BCUT2D eigenvalue weighted by molar-refractivity contribution is -0.126. The van der Waals surface area contributed by atoms with Crippen LogP contribution in [-0.2, 0) is 4.79 Å². The molecule has 0 bridgehead atoms. The molecule has 3 aromatic rings. The lowest BCUT2D eigenvalue weighted by atomic mass is 9.77. The van der Waals surface area contributed by atoms with Crippen LogP contribution in [0.2, 0.25) is 5.02 Å². The number of carbonyl (C=O) groups is 1. The van der Waals surface area contributed by atoms with Crippen molar-refractivity contribution in [2.75, 3.05) is 4.90 Å². The van der Waals surface area contributed by atoms with Gasteiger partial charge >= 0.3 is 0 Å². The Labute approximate surface area is 152 Å². The molecule has 1 aliphatic heterocycles. The topological polar surface area (TPSA) is 20.3 Å². The van der Waals surface area contributed by atoms with E-state index in [1.165, 1.54) is 5.56 Å². The fraction of sp³-hybridized carbons (Fsp3) is 0.136. The molecule has 1 fully saturated rings. The summed E-state index contributed by atoms with van der Waals surface area (Å²) < 4.78 is 0. The van der Waals surface area contributed by atoms with E-state index < -0.39 is 0 Å². The van der Waals surface area contributed by atoms with E-state index in [1.54, 1.807) is 0 Å². The summed E-state index contributed by atoms with van der Waals surface area (Å²) in [5, 5.41) is 0.701. The minimum atomic E-state index is -0.163. The predicted octanol–water partition coefficient (Wildman–Crippen LogP) is 5.52. The van der Waals surface area contributed by atoms with Gasteiger partial charge < -0.3 is 4.90 Å². The molecule has 3 heteroatoms. The SMILES string of the molecule is Cc1ccc(N2C(=O)C(c3ccccc3)C2c2ccc(Cl)cc2)cc1. The molecule has 0 radical (unpaired) electrons. The number of aryl methyl sites for hydroxylation is 1. The lowest BCUT2D eigenvalue weighted by Gasteiger charge is -2.47. The summed E-state index contributed by atoms with van der Waals surface area (Å²) in [4.78, 5) is 14.9. The maximum Gasteiger partial charge on any atom is 0.237 e. The van der Waals surface area contributed by atoms with E-state index in [-0.39, 0.29) is 17.9 Å². The standard InChI is InChI=1S/C22H18ClNO/c1-15-7-13-19(14-8-15)24-21(17-9-11-18(23)12-10-17)20(22(24)25)16-5-3-2-4-6-16/h2-14,20-21H,1H3. The molecule has 1 amide bonds. The van der Waals surface area contributed by atoms with Crippen molar-refractivity contribution in [3.05, 3.63) is 101 Å². The van der Waals surface area contributed by atoms with Gasteiger partial charge in [-0.05, 0) is 42.3 Å². The van der Waals surface area contributed by atoms with Crippen LogP contribution in [0, 0.1) is 6.92 Å². The van der Waals surface area contributed by atoms with Crippen molar-refractivity contribution >= 4 is 23.2 Å². The molecule has 4 rings (SSSR count). The van der Waals surface area contributed by atoms with Gasteiger partial charge in [-0.1, -0.05) is 71.8 Å². The van der Waals surface area contributed by atoms with Crippen molar-refractivity contribution in [2.45, 2.75) is 18.9 Å². The van der Waals surface area contributed by atoms with E-state index in [0.29, 0.717) is 5.02 Å². The summed E-state index contributed by atoms with van der Waals surface area (Å²) in [6, 6.07) is 25.9. The van der Waals surface area contributed by atoms with E-state index in [1.807, 2.05) is 90.7 Å². The zero-order valence-corrected chi connectivity index (χ0v) is 14.6. The number of nitrogens with zero attached hydrogens (tertiary/aromatic N) is 1. The molecule has 2 atom stereocenters. The van der Waals surface area contributed by atoms with Crippen molar-refractivity contribution in [1.29, 1.82) is 0 Å². The van der Waals surface area contributed by atoms with Crippen LogP contribution in [-0.4, -0.2) is 5.91 Å². The van der Waals surface area contributed by atoms with Crippen LogP contribution < -0.4 is 4.90 Å². The first-order valence-corrected chi connectivity index (χ1v) is 8.73. The molecule has 124 valence electrons. The van der Waals surface area contributed by atoms with Crippen LogP contribution in [0.4, 0.5) is 5.69 Å². The Kier molecular flexibility index (Phi) is 4.06. The average molecular weight is 348 g/mol. The Balaban J connectivity index is 1.77. The fourth-order valence-corrected chi connectivity index (χ4v) is 3.59. The van der Waals surface area contributed by atoms with Gasteiger partial charge in [0.15, 0.2) is 0 Å². The van der Waals surface area contributed by atoms with Crippen LogP contribution in [0.25, 0.3) is 0 Å². The number of β-lactam (4-membered cyclic amide) rings is 1. The number of anilines is 1. The highest BCUT2D eigenvalue weighted by Gasteiger charge is 2.49. The van der Waals surface area contributed by atoms with Gasteiger partial charge in [-0.2, -0.15) is 0 Å². The third-order valence-corrected chi connectivity index (χ3v) is 5.03. The number of benzene rings is 3. The van der Waals surface area contributed by atoms with E-state index in [0.717, 1.165) is 16.8 Å². The molecule has 1 saturated heterocycles. The van der Waals surface area contributed by atoms with Gasteiger partial charge in [0.1, 0.15) is 0 Å². The van der Waals surface area contributed by atoms with Gasteiger partial charge in [-0.15, -0.1) is 0 Å². The Bertz CT molecular complexity index is 888. The van der Waals surface area contributed by atoms with Crippen molar-refractivity contribution in [3.8, 4) is 0 Å². The van der Waals surface area contributed by atoms with Gasteiger partial charge in [0.05, 0.1) is 12.0 Å². The van der Waals surface area contributed by atoms with Crippen molar-refractivity contribution in [1.82, 2.24) is 0 Å². The van der Waals surface area contributed by atoms with Crippen molar-refractivity contribution in [2.24, 2.45) is 0 Å². The summed E-state index contributed by atoms with van der Waals surface area (Å²) in [5.41, 5.74) is 4.26. The lowest BCUT2D eigenvalue weighted by Crippen LogP contribution is -2.53. The molecule has 0 spiro atoms. The quantitative estimate of drug-likeness (QED) is 0.571. The maximum absolute atomic E-state index is 13.0. The first-order chi connectivity index (χ1) is 12.1. The van der Waals surface area contributed by atoms with E-state index in [4.69, 9.17) is 11.6 Å². The molecule has 2 nitrogen and oxygen atoms in total.